The zero-order chi connectivity index (χ0) is 34.6. The number of aromatic hydroxyl groups is 3. The molecule has 5 aromatic rings. The molecule has 0 aliphatic carbocycles. The molecule has 5 N–H and O–H groups in total. The van der Waals surface area contributed by atoms with Crippen molar-refractivity contribution in [2.24, 2.45) is 30.7 Å². The lowest BCUT2D eigenvalue weighted by Crippen LogP contribution is -1.96. The summed E-state index contributed by atoms with van der Waals surface area (Å²) in [6, 6.07) is 22.3. The molecular formula is C33H26N6O8S. The van der Waals surface area contributed by atoms with Gasteiger partial charge in [0, 0.05) is 0 Å². The zero-order valence-corrected chi connectivity index (χ0v) is 26.0. The molecular weight excluding hydrogens is 640 g/mol. The molecule has 0 aliphatic heterocycles. The van der Waals surface area contributed by atoms with Crippen LogP contribution in [0.1, 0.15) is 21.5 Å². The number of phenolic OH excluding ortho intramolecular Hbond substituents is 2. The predicted molar refractivity (Wildman–Crippen MR) is 175 cm³/mol. The Morgan fingerprint density at radius 1 is 0.583 bits per heavy atom. The normalized spacial score (nSPS) is 12.0. The SMILES string of the molecule is Cc1cc(N=Nc2ccc(O)c(C(=O)O)c2)ccc1-c1ccc(N=Nc2c(O)ccc(N=Nc3ccc(S(=O)(=O)O)cc3)c2O)cc1C. The second kappa shape index (κ2) is 13.6. The van der Waals surface area contributed by atoms with Crippen molar-refractivity contribution in [1.82, 2.24) is 0 Å². The number of carbonyl (C=O) groups is 1. The van der Waals surface area contributed by atoms with Crippen LogP contribution in [0.5, 0.6) is 17.2 Å². The molecule has 0 saturated heterocycles. The maximum Gasteiger partial charge on any atom is 0.339 e. The number of aryl methyl sites for hydroxylation is 2. The molecule has 0 aromatic heterocycles. The lowest BCUT2D eigenvalue weighted by Gasteiger charge is -2.10. The van der Waals surface area contributed by atoms with Crippen molar-refractivity contribution in [2.75, 3.05) is 0 Å². The topological polar surface area (TPSA) is 227 Å². The van der Waals surface area contributed by atoms with Crippen molar-refractivity contribution < 1.29 is 38.2 Å². The number of benzene rings is 5. The Hall–Kier alpha value is -6.32. The van der Waals surface area contributed by atoms with E-state index in [0.717, 1.165) is 34.4 Å². The van der Waals surface area contributed by atoms with Gasteiger partial charge in [-0.05, 0) is 115 Å². The van der Waals surface area contributed by atoms with Gasteiger partial charge >= 0.3 is 5.97 Å². The summed E-state index contributed by atoms with van der Waals surface area (Å²) in [5, 5.41) is 64.3. The molecule has 14 nitrogen and oxygen atoms in total. The summed E-state index contributed by atoms with van der Waals surface area (Å²) in [5.41, 5.74) is 4.57. The van der Waals surface area contributed by atoms with E-state index in [0.29, 0.717) is 11.4 Å². The van der Waals surface area contributed by atoms with Crippen LogP contribution in [0.15, 0.2) is 127 Å². The maximum atomic E-state index is 11.3. The Balaban J connectivity index is 1.32. The summed E-state index contributed by atoms with van der Waals surface area (Å²) < 4.78 is 31.5. The number of azo groups is 3. The number of phenols is 3. The molecule has 0 fully saturated rings. The van der Waals surface area contributed by atoms with Gasteiger partial charge in [-0.3, -0.25) is 4.55 Å². The highest BCUT2D eigenvalue weighted by atomic mass is 32.2. The summed E-state index contributed by atoms with van der Waals surface area (Å²) in [6.07, 6.45) is 0. The van der Waals surface area contributed by atoms with Crippen LogP contribution in [-0.2, 0) is 10.1 Å². The van der Waals surface area contributed by atoms with Gasteiger partial charge in [-0.25, -0.2) is 4.79 Å². The molecule has 242 valence electrons. The first-order valence-corrected chi connectivity index (χ1v) is 15.4. The van der Waals surface area contributed by atoms with Crippen LogP contribution in [0.3, 0.4) is 0 Å². The molecule has 0 radical (unpaired) electrons. The van der Waals surface area contributed by atoms with Gasteiger partial charge in [0.15, 0.2) is 11.4 Å². The van der Waals surface area contributed by atoms with Crippen molar-refractivity contribution in [3.05, 3.63) is 108 Å². The smallest absolute Gasteiger partial charge is 0.339 e. The highest BCUT2D eigenvalue weighted by molar-refractivity contribution is 7.85. The van der Waals surface area contributed by atoms with Gasteiger partial charge in [-0.1, -0.05) is 12.1 Å². The van der Waals surface area contributed by atoms with Crippen molar-refractivity contribution in [1.29, 1.82) is 0 Å². The Kier molecular flexibility index (Phi) is 9.35. The largest absolute Gasteiger partial charge is 0.507 e. The fourth-order valence-electron chi connectivity index (χ4n) is 4.54. The molecule has 0 bridgehead atoms. The second-order valence-electron chi connectivity index (χ2n) is 10.4. The van der Waals surface area contributed by atoms with Crippen molar-refractivity contribution in [3.8, 4) is 28.4 Å². The number of rotatable bonds is 9. The lowest BCUT2D eigenvalue weighted by atomic mass is 9.96. The molecule has 15 heteroatoms. The van der Waals surface area contributed by atoms with Crippen LogP contribution in [0.4, 0.5) is 34.1 Å². The minimum atomic E-state index is -4.36. The van der Waals surface area contributed by atoms with E-state index in [4.69, 9.17) is 4.55 Å². The Bertz CT molecular complexity index is 2250. The predicted octanol–water partition coefficient (Wildman–Crippen LogP) is 9.28. The third kappa shape index (κ3) is 7.55. The molecule has 5 rings (SSSR count). The van der Waals surface area contributed by atoms with Crippen LogP contribution in [0.2, 0.25) is 0 Å². The Labute approximate surface area is 273 Å². The fourth-order valence-corrected chi connectivity index (χ4v) is 5.02. The molecule has 5 aromatic carbocycles. The molecule has 0 saturated carbocycles. The van der Waals surface area contributed by atoms with Crippen LogP contribution in [0, 0.1) is 13.8 Å². The highest BCUT2D eigenvalue weighted by Gasteiger charge is 2.14. The quantitative estimate of drug-likeness (QED) is 0.0750. The number of aromatic carboxylic acids is 1. The number of nitrogens with zero attached hydrogens (tertiary/aromatic N) is 6. The summed E-state index contributed by atoms with van der Waals surface area (Å²) in [6.45, 7) is 3.81. The molecule has 0 heterocycles. The number of hydrogen-bond donors (Lipinski definition) is 5. The van der Waals surface area contributed by atoms with Gasteiger partial charge in [0.2, 0.25) is 0 Å². The number of carboxylic acids is 1. The average Bonchev–Trinajstić information content (AvgIpc) is 3.04. The zero-order valence-electron chi connectivity index (χ0n) is 25.2. The van der Waals surface area contributed by atoms with Crippen LogP contribution in [0.25, 0.3) is 11.1 Å². The van der Waals surface area contributed by atoms with Gasteiger partial charge in [-0.15, -0.1) is 10.2 Å². The minimum Gasteiger partial charge on any atom is -0.507 e. The molecule has 0 amide bonds. The third-order valence-corrected chi connectivity index (χ3v) is 7.85. The highest BCUT2D eigenvalue weighted by Crippen LogP contribution is 2.44. The molecule has 48 heavy (non-hydrogen) atoms. The first-order valence-electron chi connectivity index (χ1n) is 14.0. The molecule has 0 spiro atoms. The first-order chi connectivity index (χ1) is 22.8. The van der Waals surface area contributed by atoms with Crippen LogP contribution >= 0.6 is 0 Å². The van der Waals surface area contributed by atoms with Crippen LogP contribution < -0.4 is 0 Å². The summed E-state index contributed by atoms with van der Waals surface area (Å²) in [4.78, 5) is 11.0. The van der Waals surface area contributed by atoms with E-state index in [1.165, 1.54) is 42.5 Å². The Morgan fingerprint density at radius 2 is 1.06 bits per heavy atom. The average molecular weight is 667 g/mol. The second-order valence-corrected chi connectivity index (χ2v) is 11.8. The van der Waals surface area contributed by atoms with E-state index in [2.05, 4.69) is 30.7 Å². The van der Waals surface area contributed by atoms with Crippen LogP contribution in [-0.4, -0.2) is 39.4 Å². The van der Waals surface area contributed by atoms with E-state index >= 15 is 0 Å². The first kappa shape index (κ1) is 33.1. The van der Waals surface area contributed by atoms with Crippen molar-refractivity contribution in [2.45, 2.75) is 18.7 Å². The monoisotopic (exact) mass is 666 g/mol. The van der Waals surface area contributed by atoms with Gasteiger partial charge in [0.25, 0.3) is 10.1 Å². The molecule has 0 atom stereocenters. The van der Waals surface area contributed by atoms with E-state index in [1.807, 2.05) is 32.0 Å². The van der Waals surface area contributed by atoms with Crippen molar-refractivity contribution >= 4 is 50.2 Å². The summed E-state index contributed by atoms with van der Waals surface area (Å²) in [5.74, 6) is -2.46. The van der Waals surface area contributed by atoms with Crippen molar-refractivity contribution in [3.63, 3.8) is 0 Å². The van der Waals surface area contributed by atoms with Gasteiger partial charge < -0.3 is 20.4 Å². The van der Waals surface area contributed by atoms with Gasteiger partial charge in [-0.2, -0.15) is 28.9 Å². The number of hydrogen-bond acceptors (Lipinski definition) is 12. The standard InChI is InChI=1S/C33H26N6O8S/c1-18-15-21(35-36-23-7-13-29(40)27(17-23)33(43)44)5-10-25(18)26-11-6-22(16-19(26)2)37-39-31-30(41)14-12-28(32(31)42)38-34-20-3-8-24(9-4-20)48(45,46)47/h3-17,40-42H,1-2H3,(H,43,44)(H,45,46,47). The molecule has 0 aliphatic rings. The van der Waals surface area contributed by atoms with E-state index < -0.39 is 21.8 Å². The van der Waals surface area contributed by atoms with E-state index in [9.17, 15) is 33.6 Å². The number of carboxylic acid groups (broad SMARTS) is 1. The van der Waals surface area contributed by atoms with E-state index in [-0.39, 0.29) is 44.7 Å². The Morgan fingerprint density at radius 3 is 1.60 bits per heavy atom. The lowest BCUT2D eigenvalue weighted by molar-refractivity contribution is 0.0693. The minimum absolute atomic E-state index is 0.0290. The maximum absolute atomic E-state index is 11.3. The van der Waals surface area contributed by atoms with Gasteiger partial charge in [0.1, 0.15) is 22.7 Å². The molecule has 0 unspecified atom stereocenters. The third-order valence-electron chi connectivity index (χ3n) is 6.98. The summed E-state index contributed by atoms with van der Waals surface area (Å²) >= 11 is 0. The fraction of sp³-hybridized carbons (Fsp3) is 0.0606. The van der Waals surface area contributed by atoms with Gasteiger partial charge in [0.05, 0.1) is 27.6 Å². The van der Waals surface area contributed by atoms with E-state index in [1.54, 1.807) is 18.2 Å². The summed E-state index contributed by atoms with van der Waals surface area (Å²) in [7, 11) is -4.36.